The summed E-state index contributed by atoms with van der Waals surface area (Å²) in [5.74, 6) is 1.52. The zero-order valence-corrected chi connectivity index (χ0v) is 14.7. The Morgan fingerprint density at radius 3 is 2.29 bits per heavy atom. The van der Waals surface area contributed by atoms with Gasteiger partial charge in [0.1, 0.15) is 0 Å². The maximum Gasteiger partial charge on any atom is 0.161 e. The van der Waals surface area contributed by atoms with Gasteiger partial charge in [0.2, 0.25) is 0 Å². The molecule has 0 aromatic heterocycles. The molecule has 21 heavy (non-hydrogen) atoms. The van der Waals surface area contributed by atoms with Crippen LogP contribution in [0, 0.1) is 3.57 Å². The van der Waals surface area contributed by atoms with Crippen molar-refractivity contribution >= 4 is 22.6 Å². The normalized spacial score (nSPS) is 12.0. The van der Waals surface area contributed by atoms with Crippen LogP contribution in [0.4, 0.5) is 0 Å². The largest absolute Gasteiger partial charge is 0.493 e. The number of methoxy groups -OCH3 is 2. The van der Waals surface area contributed by atoms with Gasteiger partial charge in [-0.3, -0.25) is 0 Å². The van der Waals surface area contributed by atoms with Crippen LogP contribution >= 0.6 is 22.6 Å². The fourth-order valence-corrected chi connectivity index (χ4v) is 2.49. The fourth-order valence-electron chi connectivity index (χ4n) is 2.13. The zero-order valence-electron chi connectivity index (χ0n) is 12.5. The second-order valence-electron chi connectivity index (χ2n) is 4.84. The molecule has 0 spiro atoms. The summed E-state index contributed by atoms with van der Waals surface area (Å²) in [6, 6.07) is 14.9. The van der Waals surface area contributed by atoms with E-state index in [2.05, 4.69) is 65.2 Å². The molecule has 1 atom stereocenters. The van der Waals surface area contributed by atoms with E-state index in [1.165, 1.54) is 14.7 Å². The maximum atomic E-state index is 5.33. The number of halogens is 1. The van der Waals surface area contributed by atoms with Gasteiger partial charge in [0.25, 0.3) is 0 Å². The molecule has 0 radical (unpaired) electrons. The maximum absolute atomic E-state index is 5.33. The lowest BCUT2D eigenvalue weighted by Gasteiger charge is -2.15. The quantitative estimate of drug-likeness (QED) is 0.743. The van der Waals surface area contributed by atoms with Crippen LogP contribution in [-0.2, 0) is 6.54 Å². The third-order valence-corrected chi connectivity index (χ3v) is 4.15. The van der Waals surface area contributed by atoms with E-state index in [4.69, 9.17) is 9.47 Å². The Hall–Kier alpha value is -1.27. The molecule has 0 heterocycles. The molecule has 0 aliphatic heterocycles. The molecule has 0 saturated carbocycles. The Morgan fingerprint density at radius 2 is 1.67 bits per heavy atom. The summed E-state index contributed by atoms with van der Waals surface area (Å²) in [5.41, 5.74) is 2.46. The Labute approximate surface area is 139 Å². The lowest BCUT2D eigenvalue weighted by molar-refractivity contribution is 0.354. The van der Waals surface area contributed by atoms with Crippen molar-refractivity contribution in [3.8, 4) is 11.5 Å². The summed E-state index contributed by atoms with van der Waals surface area (Å²) in [6.45, 7) is 2.95. The molecule has 0 aliphatic rings. The average molecular weight is 397 g/mol. The molecule has 2 aromatic carbocycles. The third kappa shape index (κ3) is 4.35. The van der Waals surface area contributed by atoms with Crippen LogP contribution in [-0.4, -0.2) is 14.2 Å². The molecule has 2 aromatic rings. The Morgan fingerprint density at radius 1 is 1.00 bits per heavy atom. The van der Waals surface area contributed by atoms with Crippen LogP contribution in [0.2, 0.25) is 0 Å². The SMILES string of the molecule is COc1ccc(CNC(C)c2ccc(I)cc2)cc1OC. The first-order valence-electron chi connectivity index (χ1n) is 6.83. The molecular weight excluding hydrogens is 377 g/mol. The molecular formula is C17H20INO2. The standard InChI is InChI=1S/C17H20INO2/c1-12(14-5-7-15(18)8-6-14)19-11-13-4-9-16(20-2)17(10-13)21-3/h4-10,12,19H,11H2,1-3H3. The first-order chi connectivity index (χ1) is 10.1. The van der Waals surface area contributed by atoms with Gasteiger partial charge in [0, 0.05) is 16.2 Å². The molecule has 0 fully saturated rings. The Bertz CT molecular complexity index is 584. The summed E-state index contributed by atoms with van der Waals surface area (Å²) in [7, 11) is 3.30. The van der Waals surface area contributed by atoms with Crippen molar-refractivity contribution in [2.75, 3.05) is 14.2 Å². The number of nitrogens with one attached hydrogen (secondary N) is 1. The Balaban J connectivity index is 2.00. The minimum atomic E-state index is 0.301. The monoisotopic (exact) mass is 397 g/mol. The van der Waals surface area contributed by atoms with E-state index in [1.54, 1.807) is 14.2 Å². The van der Waals surface area contributed by atoms with Crippen molar-refractivity contribution in [3.05, 3.63) is 57.2 Å². The second kappa shape index (κ2) is 7.66. The van der Waals surface area contributed by atoms with Crippen molar-refractivity contribution < 1.29 is 9.47 Å². The average Bonchev–Trinajstić information content (AvgIpc) is 2.52. The molecule has 4 heteroatoms. The van der Waals surface area contributed by atoms with Crippen molar-refractivity contribution in [2.45, 2.75) is 19.5 Å². The number of rotatable bonds is 6. The highest BCUT2D eigenvalue weighted by Crippen LogP contribution is 2.27. The van der Waals surface area contributed by atoms with Crippen LogP contribution in [0.15, 0.2) is 42.5 Å². The molecule has 2 rings (SSSR count). The summed E-state index contributed by atoms with van der Waals surface area (Å²) in [6.07, 6.45) is 0. The third-order valence-electron chi connectivity index (χ3n) is 3.43. The number of ether oxygens (including phenoxy) is 2. The van der Waals surface area contributed by atoms with E-state index in [-0.39, 0.29) is 0 Å². The summed E-state index contributed by atoms with van der Waals surface area (Å²) in [5, 5.41) is 3.52. The van der Waals surface area contributed by atoms with Crippen LogP contribution in [0.25, 0.3) is 0 Å². The minimum Gasteiger partial charge on any atom is -0.493 e. The van der Waals surface area contributed by atoms with Gasteiger partial charge in [-0.1, -0.05) is 18.2 Å². The van der Waals surface area contributed by atoms with Crippen LogP contribution < -0.4 is 14.8 Å². The molecule has 112 valence electrons. The van der Waals surface area contributed by atoms with Crippen LogP contribution in [0.1, 0.15) is 24.1 Å². The van der Waals surface area contributed by atoms with Gasteiger partial charge in [-0.25, -0.2) is 0 Å². The smallest absolute Gasteiger partial charge is 0.161 e. The second-order valence-corrected chi connectivity index (χ2v) is 6.09. The lowest BCUT2D eigenvalue weighted by Crippen LogP contribution is -2.18. The predicted molar refractivity (Wildman–Crippen MR) is 94.0 cm³/mol. The van der Waals surface area contributed by atoms with Gasteiger partial charge in [-0.2, -0.15) is 0 Å². The van der Waals surface area contributed by atoms with Gasteiger partial charge in [-0.05, 0) is 64.9 Å². The summed E-state index contributed by atoms with van der Waals surface area (Å²) < 4.78 is 11.8. The molecule has 1 unspecified atom stereocenters. The van der Waals surface area contributed by atoms with Crippen molar-refractivity contribution in [1.29, 1.82) is 0 Å². The predicted octanol–water partition coefficient (Wildman–Crippen LogP) is 4.16. The van der Waals surface area contributed by atoms with E-state index < -0.39 is 0 Å². The van der Waals surface area contributed by atoms with Gasteiger partial charge in [0.15, 0.2) is 11.5 Å². The molecule has 0 amide bonds. The van der Waals surface area contributed by atoms with Crippen molar-refractivity contribution in [1.82, 2.24) is 5.32 Å². The van der Waals surface area contributed by atoms with E-state index >= 15 is 0 Å². The first-order valence-corrected chi connectivity index (χ1v) is 7.91. The minimum absolute atomic E-state index is 0.301. The van der Waals surface area contributed by atoms with E-state index in [9.17, 15) is 0 Å². The number of benzene rings is 2. The molecule has 3 nitrogen and oxygen atoms in total. The summed E-state index contributed by atoms with van der Waals surface area (Å²) in [4.78, 5) is 0. The molecule has 1 N–H and O–H groups in total. The highest BCUT2D eigenvalue weighted by molar-refractivity contribution is 14.1. The topological polar surface area (TPSA) is 30.5 Å². The number of hydrogen-bond donors (Lipinski definition) is 1. The molecule has 0 aliphatic carbocycles. The van der Waals surface area contributed by atoms with Crippen LogP contribution in [0.5, 0.6) is 11.5 Å². The summed E-state index contributed by atoms with van der Waals surface area (Å²) >= 11 is 2.32. The van der Waals surface area contributed by atoms with E-state index in [0.29, 0.717) is 6.04 Å². The Kier molecular flexibility index (Phi) is 5.87. The van der Waals surface area contributed by atoms with Crippen molar-refractivity contribution in [3.63, 3.8) is 0 Å². The molecule has 0 saturated heterocycles. The van der Waals surface area contributed by atoms with E-state index in [0.717, 1.165) is 18.0 Å². The first kappa shape index (κ1) is 16.1. The van der Waals surface area contributed by atoms with Crippen molar-refractivity contribution in [2.24, 2.45) is 0 Å². The molecule has 0 bridgehead atoms. The van der Waals surface area contributed by atoms with Gasteiger partial charge < -0.3 is 14.8 Å². The lowest BCUT2D eigenvalue weighted by atomic mass is 10.1. The van der Waals surface area contributed by atoms with Gasteiger partial charge >= 0.3 is 0 Å². The zero-order chi connectivity index (χ0) is 15.2. The fraction of sp³-hybridized carbons (Fsp3) is 0.294. The van der Waals surface area contributed by atoms with Gasteiger partial charge in [-0.15, -0.1) is 0 Å². The van der Waals surface area contributed by atoms with E-state index in [1.807, 2.05) is 12.1 Å². The number of hydrogen-bond acceptors (Lipinski definition) is 3. The van der Waals surface area contributed by atoms with Gasteiger partial charge in [0.05, 0.1) is 14.2 Å². The highest BCUT2D eigenvalue weighted by Gasteiger charge is 2.07. The highest BCUT2D eigenvalue weighted by atomic mass is 127. The van der Waals surface area contributed by atoms with Crippen LogP contribution in [0.3, 0.4) is 0 Å².